The maximum absolute atomic E-state index is 12.2. The van der Waals surface area contributed by atoms with Gasteiger partial charge in [-0.15, -0.1) is 13.2 Å². The Bertz CT molecular complexity index is 706. The Morgan fingerprint density at radius 1 is 0.657 bits per heavy atom. The van der Waals surface area contributed by atoms with Gasteiger partial charge in [0, 0.05) is 45.2 Å². The zero-order valence-electron chi connectivity index (χ0n) is 22.9. The van der Waals surface area contributed by atoms with Crippen molar-refractivity contribution in [1.29, 1.82) is 0 Å². The van der Waals surface area contributed by atoms with Crippen molar-refractivity contribution in [3.63, 3.8) is 0 Å². The number of nitrogens with zero attached hydrogens (tertiary/aromatic N) is 2. The lowest BCUT2D eigenvalue weighted by Gasteiger charge is -2.30. The summed E-state index contributed by atoms with van der Waals surface area (Å²) >= 11 is 0. The summed E-state index contributed by atoms with van der Waals surface area (Å²) in [7, 11) is 1.69. The molecule has 0 aromatic rings. The van der Waals surface area contributed by atoms with Crippen molar-refractivity contribution in [3.8, 4) is 0 Å². The monoisotopic (exact) mass is 494 g/mol. The van der Waals surface area contributed by atoms with Gasteiger partial charge in [-0.1, -0.05) is 11.1 Å². The molecule has 0 saturated heterocycles. The summed E-state index contributed by atoms with van der Waals surface area (Å²) in [6.45, 7) is 19.9. The number of hydrogen-bond donors (Lipinski definition) is 0. The van der Waals surface area contributed by atoms with E-state index in [1.165, 1.54) is 0 Å². The lowest BCUT2D eigenvalue weighted by Crippen LogP contribution is -2.43. The van der Waals surface area contributed by atoms with Crippen LogP contribution in [-0.4, -0.2) is 73.5 Å². The van der Waals surface area contributed by atoms with E-state index in [4.69, 9.17) is 14.2 Å². The van der Waals surface area contributed by atoms with Crippen LogP contribution in [0.3, 0.4) is 0 Å². The molecule has 35 heavy (non-hydrogen) atoms. The van der Waals surface area contributed by atoms with E-state index in [0.29, 0.717) is 38.9 Å². The number of allylic oxidation sites excluding steroid dienone is 2. The van der Waals surface area contributed by atoms with Crippen LogP contribution in [-0.2, 0) is 28.6 Å². The van der Waals surface area contributed by atoms with E-state index in [1.54, 1.807) is 7.05 Å². The fraction of sp³-hybridized carbons (Fsp3) is 0.704. The van der Waals surface area contributed by atoms with Crippen LogP contribution in [0.5, 0.6) is 0 Å². The van der Waals surface area contributed by atoms with E-state index in [0.717, 1.165) is 16.9 Å². The van der Waals surface area contributed by atoms with Crippen LogP contribution in [0.25, 0.3) is 0 Å². The van der Waals surface area contributed by atoms with Crippen LogP contribution in [0, 0.1) is 0 Å². The molecule has 0 radical (unpaired) electrons. The Labute approximate surface area is 211 Å². The lowest BCUT2D eigenvalue weighted by atomic mass is 10.2. The summed E-state index contributed by atoms with van der Waals surface area (Å²) in [6.07, 6.45) is 1.40. The summed E-state index contributed by atoms with van der Waals surface area (Å²) < 4.78 is 16.6. The maximum Gasteiger partial charge on any atom is 0.306 e. The number of hydrogen-bond acceptors (Lipinski definition) is 8. The summed E-state index contributed by atoms with van der Waals surface area (Å²) in [6, 6.07) is 0. The Balaban J connectivity index is 5.01. The molecule has 0 saturated carbocycles. The maximum atomic E-state index is 12.2. The SMILES string of the molecule is C=C(C)CCC(=O)OC(C)CN(CC(C)OC(=O)CCC(=C)C)CC(C)OC(=O)CCC(C)=NC. The van der Waals surface area contributed by atoms with Crippen LogP contribution in [0.1, 0.15) is 80.1 Å². The van der Waals surface area contributed by atoms with E-state index < -0.39 is 0 Å². The van der Waals surface area contributed by atoms with E-state index in [2.05, 4.69) is 18.2 Å². The predicted molar refractivity (Wildman–Crippen MR) is 139 cm³/mol. The normalized spacial score (nSPS) is 14.1. The van der Waals surface area contributed by atoms with Crippen molar-refractivity contribution in [2.75, 3.05) is 26.7 Å². The average Bonchev–Trinajstić information content (AvgIpc) is 2.74. The first-order valence-electron chi connectivity index (χ1n) is 12.3. The Hall–Kier alpha value is -2.48. The van der Waals surface area contributed by atoms with Gasteiger partial charge in [-0.3, -0.25) is 24.3 Å². The van der Waals surface area contributed by atoms with Gasteiger partial charge >= 0.3 is 17.9 Å². The highest BCUT2D eigenvalue weighted by atomic mass is 16.6. The highest BCUT2D eigenvalue weighted by Crippen LogP contribution is 2.10. The van der Waals surface area contributed by atoms with Crippen molar-refractivity contribution < 1.29 is 28.6 Å². The van der Waals surface area contributed by atoms with Crippen LogP contribution in [0.15, 0.2) is 29.3 Å². The van der Waals surface area contributed by atoms with Gasteiger partial charge in [0.05, 0.1) is 6.42 Å². The quantitative estimate of drug-likeness (QED) is 0.118. The summed E-state index contributed by atoms with van der Waals surface area (Å²) in [5.41, 5.74) is 2.74. The van der Waals surface area contributed by atoms with Crippen LogP contribution in [0.2, 0.25) is 0 Å². The number of carbonyl (C=O) groups excluding carboxylic acids is 3. The van der Waals surface area contributed by atoms with Gasteiger partial charge in [-0.25, -0.2) is 0 Å². The van der Waals surface area contributed by atoms with Crippen molar-refractivity contribution in [3.05, 3.63) is 24.3 Å². The molecular formula is C27H46N2O6. The number of aliphatic imine (C=N–C) groups is 1. The molecule has 0 aromatic heterocycles. The molecule has 8 heteroatoms. The van der Waals surface area contributed by atoms with Crippen molar-refractivity contribution in [1.82, 2.24) is 4.90 Å². The van der Waals surface area contributed by atoms with Gasteiger partial charge < -0.3 is 14.2 Å². The second-order valence-electron chi connectivity index (χ2n) is 9.49. The largest absolute Gasteiger partial charge is 0.461 e. The Morgan fingerprint density at radius 3 is 1.26 bits per heavy atom. The van der Waals surface area contributed by atoms with Gasteiger partial charge in [-0.05, 0) is 60.8 Å². The van der Waals surface area contributed by atoms with Gasteiger partial charge in [0.25, 0.3) is 0 Å². The van der Waals surface area contributed by atoms with Gasteiger partial charge in [0.1, 0.15) is 18.3 Å². The number of rotatable bonds is 18. The zero-order valence-corrected chi connectivity index (χ0v) is 22.9. The number of esters is 3. The fourth-order valence-electron chi connectivity index (χ4n) is 3.30. The molecule has 0 aromatic carbocycles. The predicted octanol–water partition coefficient (Wildman–Crippen LogP) is 4.67. The molecule has 0 spiro atoms. The van der Waals surface area contributed by atoms with Gasteiger partial charge in [0.15, 0.2) is 0 Å². The molecule has 0 N–H and O–H groups in total. The summed E-state index contributed by atoms with van der Waals surface area (Å²) in [5, 5.41) is 0. The van der Waals surface area contributed by atoms with Crippen LogP contribution >= 0.6 is 0 Å². The Morgan fingerprint density at radius 2 is 0.971 bits per heavy atom. The van der Waals surface area contributed by atoms with Gasteiger partial charge in [-0.2, -0.15) is 0 Å². The standard InChI is InChI=1S/C27H46N2O6/c1-19(2)10-13-25(30)33-22(6)16-29(17-23(7)34-26(31)14-11-20(3)4)18-24(8)35-27(32)15-12-21(5)28-9/h22-24H,1,3,10-18H2,2,4-9H3. The highest BCUT2D eigenvalue weighted by Gasteiger charge is 2.22. The summed E-state index contributed by atoms with van der Waals surface area (Å²) in [4.78, 5) is 42.5. The minimum absolute atomic E-state index is 0.265. The first-order chi connectivity index (χ1) is 16.3. The molecule has 200 valence electrons. The Kier molecular flexibility index (Phi) is 16.6. The molecule has 0 aliphatic carbocycles. The second-order valence-corrected chi connectivity index (χ2v) is 9.49. The average molecular weight is 495 g/mol. The number of carbonyl (C=O) groups is 3. The molecule has 0 aliphatic rings. The molecule has 0 fully saturated rings. The molecule has 0 rings (SSSR count). The molecule has 0 bridgehead atoms. The molecule has 0 aliphatic heterocycles. The minimum Gasteiger partial charge on any atom is -0.461 e. The molecule has 3 unspecified atom stereocenters. The zero-order chi connectivity index (χ0) is 27.0. The van der Waals surface area contributed by atoms with Crippen LogP contribution < -0.4 is 0 Å². The fourth-order valence-corrected chi connectivity index (χ4v) is 3.30. The van der Waals surface area contributed by atoms with E-state index in [-0.39, 0.29) is 55.5 Å². The first-order valence-corrected chi connectivity index (χ1v) is 12.3. The van der Waals surface area contributed by atoms with E-state index in [9.17, 15) is 14.4 Å². The topological polar surface area (TPSA) is 94.5 Å². The third-order valence-electron chi connectivity index (χ3n) is 5.13. The third kappa shape index (κ3) is 18.5. The van der Waals surface area contributed by atoms with E-state index >= 15 is 0 Å². The molecular weight excluding hydrogens is 448 g/mol. The van der Waals surface area contributed by atoms with E-state index in [1.807, 2.05) is 46.4 Å². The molecule has 0 amide bonds. The summed E-state index contributed by atoms with van der Waals surface area (Å²) in [5.74, 6) is -0.863. The molecule has 3 atom stereocenters. The lowest BCUT2D eigenvalue weighted by molar-refractivity contribution is -0.151. The highest BCUT2D eigenvalue weighted by molar-refractivity contribution is 5.85. The number of ether oxygens (including phenoxy) is 3. The first kappa shape index (κ1) is 32.5. The van der Waals surface area contributed by atoms with Crippen molar-refractivity contribution >= 4 is 23.6 Å². The molecule has 8 nitrogen and oxygen atoms in total. The van der Waals surface area contributed by atoms with Crippen molar-refractivity contribution in [2.24, 2.45) is 4.99 Å². The van der Waals surface area contributed by atoms with Gasteiger partial charge in [0.2, 0.25) is 0 Å². The smallest absolute Gasteiger partial charge is 0.306 e. The minimum atomic E-state index is -0.390. The second kappa shape index (κ2) is 17.9. The van der Waals surface area contributed by atoms with Crippen LogP contribution in [0.4, 0.5) is 0 Å². The third-order valence-corrected chi connectivity index (χ3v) is 5.13. The molecule has 0 heterocycles. The van der Waals surface area contributed by atoms with Crippen molar-refractivity contribution in [2.45, 2.75) is 98.4 Å².